The summed E-state index contributed by atoms with van der Waals surface area (Å²) in [5.74, 6) is 0.675. The van der Waals surface area contributed by atoms with Gasteiger partial charge in [-0.15, -0.1) is 0 Å². The lowest BCUT2D eigenvalue weighted by atomic mass is 9.73. The molecule has 112 valence electrons. The molecule has 3 heterocycles. The molecule has 0 radical (unpaired) electrons. The van der Waals surface area contributed by atoms with Crippen LogP contribution >= 0.6 is 0 Å². The van der Waals surface area contributed by atoms with Gasteiger partial charge in [0.15, 0.2) is 11.5 Å². The Labute approximate surface area is 124 Å². The normalized spacial score (nSPS) is 33.5. The highest BCUT2D eigenvalue weighted by Crippen LogP contribution is 2.43. The van der Waals surface area contributed by atoms with Gasteiger partial charge in [-0.25, -0.2) is 4.98 Å². The molecule has 2 aliphatic heterocycles. The van der Waals surface area contributed by atoms with Gasteiger partial charge < -0.3 is 14.4 Å². The summed E-state index contributed by atoms with van der Waals surface area (Å²) in [5.41, 5.74) is 1.92. The number of piperidine rings is 2. The zero-order valence-electron chi connectivity index (χ0n) is 12.7. The minimum absolute atomic E-state index is 0.497. The van der Waals surface area contributed by atoms with Gasteiger partial charge in [0.25, 0.3) is 0 Å². The summed E-state index contributed by atoms with van der Waals surface area (Å²) < 4.78 is 5.53. The second-order valence-corrected chi connectivity index (χ2v) is 6.76. The van der Waals surface area contributed by atoms with Crippen LogP contribution in [0.15, 0.2) is 22.6 Å². The molecule has 1 N–H and O–H groups in total. The fourth-order valence-electron chi connectivity index (χ4n) is 4.22. The van der Waals surface area contributed by atoms with Crippen molar-refractivity contribution >= 4 is 11.1 Å². The third-order valence-electron chi connectivity index (χ3n) is 5.41. The number of aliphatic hydroxyl groups is 1. The first-order chi connectivity index (χ1) is 10.0. The molecule has 0 spiro atoms. The Hall–Kier alpha value is -1.39. The fraction of sp³-hybridized carbons (Fsp3) is 0.588. The molecule has 1 aromatic carbocycles. The second kappa shape index (κ2) is 4.55. The first kappa shape index (κ1) is 13.3. The van der Waals surface area contributed by atoms with Crippen LogP contribution in [0.4, 0.5) is 0 Å². The molecule has 2 aliphatic rings. The van der Waals surface area contributed by atoms with Crippen LogP contribution in [-0.2, 0) is 5.60 Å². The Morgan fingerprint density at radius 3 is 2.71 bits per heavy atom. The van der Waals surface area contributed by atoms with Crippen molar-refractivity contribution < 1.29 is 9.52 Å². The predicted molar refractivity (Wildman–Crippen MR) is 81.1 cm³/mol. The van der Waals surface area contributed by atoms with Crippen LogP contribution in [-0.4, -0.2) is 34.1 Å². The summed E-state index contributed by atoms with van der Waals surface area (Å²) in [5, 5.41) is 11.2. The molecule has 0 amide bonds. The first-order valence-electron chi connectivity index (χ1n) is 7.87. The highest BCUT2D eigenvalue weighted by molar-refractivity contribution is 5.73. The summed E-state index contributed by atoms with van der Waals surface area (Å²) in [6.07, 6.45) is 5.32. The van der Waals surface area contributed by atoms with E-state index in [1.807, 2.05) is 25.1 Å². The minimum atomic E-state index is -0.719. The van der Waals surface area contributed by atoms with Gasteiger partial charge in [0, 0.05) is 19.0 Å². The molecule has 0 aliphatic carbocycles. The van der Waals surface area contributed by atoms with Crippen molar-refractivity contribution in [3.63, 3.8) is 0 Å². The summed E-state index contributed by atoms with van der Waals surface area (Å²) >= 11 is 0. The van der Waals surface area contributed by atoms with Gasteiger partial charge in [0.05, 0.1) is 5.60 Å². The zero-order chi connectivity index (χ0) is 14.6. The van der Waals surface area contributed by atoms with Gasteiger partial charge in [-0.2, -0.15) is 0 Å². The Morgan fingerprint density at radius 1 is 1.29 bits per heavy atom. The molecular formula is C17H22N2O2. The third-order valence-corrected chi connectivity index (χ3v) is 5.41. The topological polar surface area (TPSA) is 49.5 Å². The van der Waals surface area contributed by atoms with Crippen LogP contribution in [0.25, 0.3) is 11.1 Å². The monoisotopic (exact) mass is 286 g/mol. The molecule has 2 fully saturated rings. The molecule has 4 rings (SSSR count). The van der Waals surface area contributed by atoms with Gasteiger partial charge in [-0.05, 0) is 50.4 Å². The van der Waals surface area contributed by atoms with Crippen LogP contribution in [0, 0.1) is 6.92 Å². The molecule has 2 saturated heterocycles. The molecule has 0 saturated carbocycles. The van der Waals surface area contributed by atoms with Crippen molar-refractivity contribution in [3.05, 3.63) is 29.7 Å². The Kier molecular flexibility index (Phi) is 2.88. The average Bonchev–Trinajstić information content (AvgIpc) is 2.80. The molecule has 2 aromatic rings. The van der Waals surface area contributed by atoms with Crippen LogP contribution in [0.1, 0.15) is 43.6 Å². The van der Waals surface area contributed by atoms with Gasteiger partial charge >= 0.3 is 0 Å². The van der Waals surface area contributed by atoms with Crippen LogP contribution in [0.5, 0.6) is 0 Å². The quantitative estimate of drug-likeness (QED) is 0.875. The Balaban J connectivity index is 1.72. The highest BCUT2D eigenvalue weighted by Gasteiger charge is 2.44. The Morgan fingerprint density at radius 2 is 2.00 bits per heavy atom. The standard InChI is InChI=1S/C17H22N2O2/c1-11-18-15-8-12(6-7-16(15)21-11)17(20)9-13-4-3-5-14(10-17)19(13)2/h6-8,13-14,20H,3-5,9-10H2,1-2H3. The van der Waals surface area contributed by atoms with Crippen molar-refractivity contribution in [1.82, 2.24) is 9.88 Å². The number of aromatic nitrogens is 1. The summed E-state index contributed by atoms with van der Waals surface area (Å²) in [7, 11) is 2.21. The fourth-order valence-corrected chi connectivity index (χ4v) is 4.22. The van der Waals surface area contributed by atoms with E-state index in [-0.39, 0.29) is 0 Å². The number of hydrogen-bond donors (Lipinski definition) is 1. The van der Waals surface area contributed by atoms with E-state index < -0.39 is 5.60 Å². The lowest BCUT2D eigenvalue weighted by Crippen LogP contribution is -2.55. The molecule has 2 bridgehead atoms. The van der Waals surface area contributed by atoms with Crippen LogP contribution < -0.4 is 0 Å². The summed E-state index contributed by atoms with van der Waals surface area (Å²) in [4.78, 5) is 6.87. The number of hydrogen-bond acceptors (Lipinski definition) is 4. The lowest BCUT2D eigenvalue weighted by Gasteiger charge is -2.50. The molecule has 2 atom stereocenters. The van der Waals surface area contributed by atoms with E-state index in [1.165, 1.54) is 19.3 Å². The number of benzene rings is 1. The van der Waals surface area contributed by atoms with Gasteiger partial charge in [0.2, 0.25) is 0 Å². The van der Waals surface area contributed by atoms with Crippen LogP contribution in [0.3, 0.4) is 0 Å². The van der Waals surface area contributed by atoms with Gasteiger partial charge in [0.1, 0.15) is 5.52 Å². The number of rotatable bonds is 1. The predicted octanol–water partition coefficient (Wildman–Crippen LogP) is 2.97. The van der Waals surface area contributed by atoms with Crippen molar-refractivity contribution in [1.29, 1.82) is 0 Å². The number of fused-ring (bicyclic) bond motifs is 3. The van der Waals surface area contributed by atoms with Crippen molar-refractivity contribution in [3.8, 4) is 0 Å². The third kappa shape index (κ3) is 2.09. The Bertz CT molecular complexity index is 664. The van der Waals surface area contributed by atoms with Gasteiger partial charge in [-0.3, -0.25) is 0 Å². The molecule has 1 aromatic heterocycles. The molecule has 2 unspecified atom stereocenters. The SMILES string of the molecule is Cc1nc2cc(C3(O)CC4CCCC(C3)N4C)ccc2o1. The van der Waals surface area contributed by atoms with E-state index in [2.05, 4.69) is 16.9 Å². The first-order valence-corrected chi connectivity index (χ1v) is 7.87. The molecule has 4 nitrogen and oxygen atoms in total. The van der Waals surface area contributed by atoms with E-state index in [1.54, 1.807) is 0 Å². The smallest absolute Gasteiger partial charge is 0.192 e. The van der Waals surface area contributed by atoms with E-state index in [0.717, 1.165) is 29.5 Å². The maximum absolute atomic E-state index is 11.2. The van der Waals surface area contributed by atoms with Gasteiger partial charge in [-0.1, -0.05) is 12.5 Å². The summed E-state index contributed by atoms with van der Waals surface area (Å²) in [6, 6.07) is 6.95. The van der Waals surface area contributed by atoms with E-state index in [9.17, 15) is 5.11 Å². The number of aryl methyl sites for hydroxylation is 1. The second-order valence-electron chi connectivity index (χ2n) is 6.76. The maximum Gasteiger partial charge on any atom is 0.192 e. The lowest BCUT2D eigenvalue weighted by molar-refractivity contribution is -0.0874. The molecule has 21 heavy (non-hydrogen) atoms. The van der Waals surface area contributed by atoms with Crippen molar-refractivity contribution in [2.75, 3.05) is 7.05 Å². The average molecular weight is 286 g/mol. The number of oxazole rings is 1. The minimum Gasteiger partial charge on any atom is -0.441 e. The van der Waals surface area contributed by atoms with E-state index >= 15 is 0 Å². The van der Waals surface area contributed by atoms with Crippen molar-refractivity contribution in [2.45, 2.75) is 56.7 Å². The largest absolute Gasteiger partial charge is 0.441 e. The number of nitrogens with zero attached hydrogens (tertiary/aromatic N) is 2. The van der Waals surface area contributed by atoms with Crippen molar-refractivity contribution in [2.24, 2.45) is 0 Å². The highest BCUT2D eigenvalue weighted by atomic mass is 16.3. The molecular weight excluding hydrogens is 264 g/mol. The van der Waals surface area contributed by atoms with Crippen LogP contribution in [0.2, 0.25) is 0 Å². The van der Waals surface area contributed by atoms with E-state index in [4.69, 9.17) is 4.42 Å². The zero-order valence-corrected chi connectivity index (χ0v) is 12.7. The summed E-state index contributed by atoms with van der Waals surface area (Å²) in [6.45, 7) is 1.86. The van der Waals surface area contributed by atoms with E-state index in [0.29, 0.717) is 18.0 Å². The molecule has 4 heteroatoms. The maximum atomic E-state index is 11.2.